The number of hydrogen-bond acceptors (Lipinski definition) is 4. The number of para-hydroxylation sites is 2. The van der Waals surface area contributed by atoms with Crippen LogP contribution in [0.25, 0.3) is 6.08 Å². The summed E-state index contributed by atoms with van der Waals surface area (Å²) < 4.78 is 17.1. The van der Waals surface area contributed by atoms with E-state index in [-0.39, 0.29) is 18.6 Å². The SMILES string of the molecule is O=C(NCC1COc2ccccc2O1)C1=Cc2cc(Cl)ccc2OC1. The molecule has 0 aliphatic carbocycles. The second-order valence-corrected chi connectivity index (χ2v) is 6.28. The first kappa shape index (κ1) is 15.8. The van der Waals surface area contributed by atoms with Gasteiger partial charge in [0.15, 0.2) is 11.5 Å². The molecule has 6 heteroatoms. The van der Waals surface area contributed by atoms with E-state index in [4.69, 9.17) is 25.8 Å². The zero-order valence-corrected chi connectivity index (χ0v) is 14.1. The first-order valence-corrected chi connectivity index (χ1v) is 8.36. The fourth-order valence-corrected chi connectivity index (χ4v) is 2.94. The number of nitrogens with one attached hydrogen (secondary N) is 1. The zero-order valence-electron chi connectivity index (χ0n) is 13.3. The van der Waals surface area contributed by atoms with Crippen LogP contribution in [0, 0.1) is 0 Å². The van der Waals surface area contributed by atoms with Gasteiger partial charge < -0.3 is 19.5 Å². The third kappa shape index (κ3) is 3.42. The third-order valence-corrected chi connectivity index (χ3v) is 4.27. The van der Waals surface area contributed by atoms with E-state index in [1.54, 1.807) is 24.3 Å². The van der Waals surface area contributed by atoms with Gasteiger partial charge in [0.2, 0.25) is 0 Å². The molecular weight excluding hydrogens is 342 g/mol. The van der Waals surface area contributed by atoms with Crippen LogP contribution in [-0.2, 0) is 4.79 Å². The Bertz CT molecular complexity index is 849. The Morgan fingerprint density at radius 2 is 1.96 bits per heavy atom. The smallest absolute Gasteiger partial charge is 0.250 e. The molecule has 0 fully saturated rings. The van der Waals surface area contributed by atoms with Crippen LogP contribution in [0.1, 0.15) is 5.56 Å². The van der Waals surface area contributed by atoms with Crippen molar-refractivity contribution < 1.29 is 19.0 Å². The molecule has 0 bridgehead atoms. The van der Waals surface area contributed by atoms with Crippen molar-refractivity contribution in [1.29, 1.82) is 0 Å². The average molecular weight is 358 g/mol. The highest BCUT2D eigenvalue weighted by Gasteiger charge is 2.23. The fraction of sp³-hybridized carbons (Fsp3) is 0.211. The van der Waals surface area contributed by atoms with E-state index < -0.39 is 0 Å². The number of amides is 1. The molecular formula is C19H16ClNO4. The monoisotopic (exact) mass is 357 g/mol. The lowest BCUT2D eigenvalue weighted by Gasteiger charge is -2.26. The lowest BCUT2D eigenvalue weighted by molar-refractivity contribution is -0.118. The number of hydrogen-bond donors (Lipinski definition) is 1. The molecule has 1 amide bonds. The molecule has 0 saturated carbocycles. The molecule has 4 rings (SSSR count). The van der Waals surface area contributed by atoms with Gasteiger partial charge in [-0.2, -0.15) is 0 Å². The van der Waals surface area contributed by atoms with Crippen molar-refractivity contribution in [3.8, 4) is 17.2 Å². The van der Waals surface area contributed by atoms with Crippen molar-refractivity contribution in [3.63, 3.8) is 0 Å². The molecule has 1 unspecified atom stereocenters. The van der Waals surface area contributed by atoms with Crippen LogP contribution in [0.3, 0.4) is 0 Å². The molecule has 25 heavy (non-hydrogen) atoms. The Hall–Kier alpha value is -2.66. The van der Waals surface area contributed by atoms with Crippen molar-refractivity contribution >= 4 is 23.6 Å². The van der Waals surface area contributed by atoms with Crippen LogP contribution < -0.4 is 19.5 Å². The highest BCUT2D eigenvalue weighted by Crippen LogP contribution is 2.31. The van der Waals surface area contributed by atoms with Gasteiger partial charge in [-0.15, -0.1) is 0 Å². The van der Waals surface area contributed by atoms with E-state index in [0.29, 0.717) is 29.5 Å². The molecule has 0 spiro atoms. The highest BCUT2D eigenvalue weighted by molar-refractivity contribution is 6.30. The maximum Gasteiger partial charge on any atom is 0.250 e. The Morgan fingerprint density at radius 3 is 2.84 bits per heavy atom. The predicted molar refractivity (Wildman–Crippen MR) is 94.3 cm³/mol. The molecule has 5 nitrogen and oxygen atoms in total. The Kier molecular flexibility index (Phi) is 4.24. The predicted octanol–water partition coefficient (Wildman–Crippen LogP) is 3.07. The minimum absolute atomic E-state index is 0.187. The number of rotatable bonds is 3. The number of halogens is 1. The Balaban J connectivity index is 1.39. The summed E-state index contributed by atoms with van der Waals surface area (Å²) in [6, 6.07) is 12.8. The number of fused-ring (bicyclic) bond motifs is 2. The van der Waals surface area contributed by atoms with Crippen LogP contribution in [0.4, 0.5) is 0 Å². The summed E-state index contributed by atoms with van der Waals surface area (Å²) in [5, 5.41) is 3.48. The van der Waals surface area contributed by atoms with E-state index in [1.165, 1.54) is 0 Å². The third-order valence-electron chi connectivity index (χ3n) is 4.03. The van der Waals surface area contributed by atoms with Gasteiger partial charge >= 0.3 is 0 Å². The summed E-state index contributed by atoms with van der Waals surface area (Å²) in [4.78, 5) is 12.4. The number of benzene rings is 2. The van der Waals surface area contributed by atoms with Gasteiger partial charge in [-0.05, 0) is 36.4 Å². The summed E-state index contributed by atoms with van der Waals surface area (Å²) >= 11 is 5.99. The molecule has 0 aromatic heterocycles. The normalized spacial score (nSPS) is 17.8. The van der Waals surface area contributed by atoms with E-state index in [2.05, 4.69) is 5.32 Å². The topological polar surface area (TPSA) is 56.8 Å². The second kappa shape index (κ2) is 6.69. The van der Waals surface area contributed by atoms with E-state index in [9.17, 15) is 4.79 Å². The van der Waals surface area contributed by atoms with Crippen molar-refractivity contribution in [2.75, 3.05) is 19.8 Å². The molecule has 2 heterocycles. The summed E-state index contributed by atoms with van der Waals surface area (Å²) in [7, 11) is 0. The van der Waals surface area contributed by atoms with Crippen molar-refractivity contribution in [2.24, 2.45) is 0 Å². The molecule has 0 radical (unpaired) electrons. The van der Waals surface area contributed by atoms with Crippen LogP contribution in [0.2, 0.25) is 5.02 Å². The number of ether oxygens (including phenoxy) is 3. The summed E-state index contributed by atoms with van der Waals surface area (Å²) in [6.45, 7) is 0.976. The largest absolute Gasteiger partial charge is 0.488 e. The Morgan fingerprint density at radius 1 is 1.12 bits per heavy atom. The first-order chi connectivity index (χ1) is 12.2. The van der Waals surface area contributed by atoms with Crippen LogP contribution in [-0.4, -0.2) is 31.8 Å². The molecule has 2 aliphatic rings. The van der Waals surface area contributed by atoms with Gasteiger partial charge in [-0.3, -0.25) is 4.79 Å². The van der Waals surface area contributed by atoms with Crippen LogP contribution in [0.5, 0.6) is 17.2 Å². The van der Waals surface area contributed by atoms with Gasteiger partial charge in [0.25, 0.3) is 5.91 Å². The maximum atomic E-state index is 12.4. The van der Waals surface area contributed by atoms with Gasteiger partial charge in [-0.1, -0.05) is 23.7 Å². The maximum absolute atomic E-state index is 12.4. The van der Waals surface area contributed by atoms with E-state index in [1.807, 2.05) is 24.3 Å². The van der Waals surface area contributed by atoms with Crippen molar-refractivity contribution in [1.82, 2.24) is 5.32 Å². The van der Waals surface area contributed by atoms with Crippen molar-refractivity contribution in [3.05, 3.63) is 58.6 Å². The highest BCUT2D eigenvalue weighted by atomic mass is 35.5. The summed E-state index contributed by atoms with van der Waals surface area (Å²) in [5.74, 6) is 1.95. The number of carbonyl (C=O) groups excluding carboxylic acids is 1. The minimum atomic E-state index is -0.231. The van der Waals surface area contributed by atoms with Gasteiger partial charge in [0, 0.05) is 10.6 Å². The summed E-state index contributed by atoms with van der Waals surface area (Å²) in [5.41, 5.74) is 1.35. The van der Waals surface area contributed by atoms with E-state index in [0.717, 1.165) is 17.1 Å². The molecule has 2 aromatic carbocycles. The zero-order chi connectivity index (χ0) is 17.2. The molecule has 1 N–H and O–H groups in total. The second-order valence-electron chi connectivity index (χ2n) is 5.85. The minimum Gasteiger partial charge on any atom is -0.488 e. The molecule has 0 saturated heterocycles. The molecule has 2 aromatic rings. The fourth-order valence-electron chi connectivity index (χ4n) is 2.76. The molecule has 1 atom stereocenters. The first-order valence-electron chi connectivity index (χ1n) is 7.98. The van der Waals surface area contributed by atoms with Crippen LogP contribution in [0.15, 0.2) is 48.0 Å². The average Bonchev–Trinajstić information content (AvgIpc) is 2.65. The van der Waals surface area contributed by atoms with Gasteiger partial charge in [-0.25, -0.2) is 0 Å². The van der Waals surface area contributed by atoms with Gasteiger partial charge in [0.1, 0.15) is 25.1 Å². The quantitative estimate of drug-likeness (QED) is 0.917. The van der Waals surface area contributed by atoms with Crippen LogP contribution >= 0.6 is 11.6 Å². The lowest BCUT2D eigenvalue weighted by Crippen LogP contribution is -2.41. The van der Waals surface area contributed by atoms with Crippen molar-refractivity contribution in [2.45, 2.75) is 6.10 Å². The Labute approximate surface area is 150 Å². The molecule has 2 aliphatic heterocycles. The number of carbonyl (C=O) groups is 1. The standard InChI is InChI=1S/C19H16ClNO4/c20-14-5-6-16-12(8-14)7-13(10-23-16)19(22)21-9-15-11-24-17-3-1-2-4-18(17)25-15/h1-8,15H,9-11H2,(H,21,22). The lowest BCUT2D eigenvalue weighted by atomic mass is 10.1. The van der Waals surface area contributed by atoms with E-state index >= 15 is 0 Å². The van der Waals surface area contributed by atoms with Gasteiger partial charge in [0.05, 0.1) is 12.1 Å². The molecule has 128 valence electrons. The summed E-state index contributed by atoms with van der Waals surface area (Å²) in [6.07, 6.45) is 1.57.